The van der Waals surface area contributed by atoms with Crippen LogP contribution in [0.25, 0.3) is 0 Å². The van der Waals surface area contributed by atoms with Gasteiger partial charge in [-0.3, -0.25) is 0 Å². The van der Waals surface area contributed by atoms with Crippen molar-refractivity contribution < 1.29 is 9.84 Å². The maximum atomic E-state index is 9.88. The third-order valence-electron chi connectivity index (χ3n) is 4.38. The topological polar surface area (TPSA) is 41.5 Å². The Morgan fingerprint density at radius 3 is 2.43 bits per heavy atom. The molecule has 0 aromatic heterocycles. The summed E-state index contributed by atoms with van der Waals surface area (Å²) in [5.74, 6) is 1.41. The fourth-order valence-electron chi connectivity index (χ4n) is 2.73. The van der Waals surface area contributed by atoms with Crippen molar-refractivity contribution in [1.82, 2.24) is 5.32 Å². The summed E-state index contributed by atoms with van der Waals surface area (Å²) in [5.41, 5.74) is -0.286. The second kappa shape index (κ2) is 9.81. The van der Waals surface area contributed by atoms with Gasteiger partial charge in [0.15, 0.2) is 0 Å². The SMILES string of the molecule is CC(C)CCNCC(C)OCCCCC(C)CC1(O)CC1. The first-order valence-electron chi connectivity index (χ1n) is 8.96. The van der Waals surface area contributed by atoms with Gasteiger partial charge in [-0.1, -0.05) is 33.6 Å². The Morgan fingerprint density at radius 2 is 1.81 bits per heavy atom. The largest absolute Gasteiger partial charge is 0.390 e. The van der Waals surface area contributed by atoms with Gasteiger partial charge in [0.05, 0.1) is 11.7 Å². The Morgan fingerprint density at radius 1 is 1.10 bits per heavy atom. The summed E-state index contributed by atoms with van der Waals surface area (Å²) in [5, 5.41) is 13.3. The van der Waals surface area contributed by atoms with Crippen molar-refractivity contribution in [3.05, 3.63) is 0 Å². The fraction of sp³-hybridized carbons (Fsp3) is 1.00. The second-order valence-electron chi connectivity index (χ2n) is 7.60. The van der Waals surface area contributed by atoms with Gasteiger partial charge in [0.1, 0.15) is 0 Å². The number of ether oxygens (including phenoxy) is 1. The van der Waals surface area contributed by atoms with Crippen molar-refractivity contribution in [2.45, 2.75) is 84.3 Å². The maximum absolute atomic E-state index is 9.88. The molecule has 0 heterocycles. The van der Waals surface area contributed by atoms with Crippen molar-refractivity contribution in [3.8, 4) is 0 Å². The van der Waals surface area contributed by atoms with Crippen molar-refractivity contribution in [1.29, 1.82) is 0 Å². The van der Waals surface area contributed by atoms with E-state index in [2.05, 4.69) is 33.0 Å². The number of aliphatic hydroxyl groups is 1. The number of unbranched alkanes of at least 4 members (excludes halogenated alkanes) is 1. The van der Waals surface area contributed by atoms with E-state index in [9.17, 15) is 5.11 Å². The first kappa shape index (κ1) is 18.9. The predicted octanol–water partition coefficient (Wildman–Crippen LogP) is 3.75. The van der Waals surface area contributed by atoms with Crippen LogP contribution in [-0.2, 0) is 4.74 Å². The first-order valence-corrected chi connectivity index (χ1v) is 8.96. The summed E-state index contributed by atoms with van der Waals surface area (Å²) in [7, 11) is 0. The zero-order valence-corrected chi connectivity index (χ0v) is 14.7. The molecule has 0 aromatic rings. The van der Waals surface area contributed by atoms with Gasteiger partial charge in [-0.2, -0.15) is 0 Å². The Bertz CT molecular complexity index is 264. The highest BCUT2D eigenvalue weighted by Crippen LogP contribution is 2.41. The second-order valence-corrected chi connectivity index (χ2v) is 7.60. The smallest absolute Gasteiger partial charge is 0.0671 e. The minimum Gasteiger partial charge on any atom is -0.390 e. The van der Waals surface area contributed by atoms with Crippen LogP contribution >= 0.6 is 0 Å². The van der Waals surface area contributed by atoms with Crippen LogP contribution in [0.1, 0.15) is 72.6 Å². The molecular formula is C18H37NO2. The van der Waals surface area contributed by atoms with E-state index in [0.29, 0.717) is 12.0 Å². The van der Waals surface area contributed by atoms with E-state index in [1.165, 1.54) is 19.3 Å². The molecule has 1 saturated carbocycles. The minimum absolute atomic E-state index is 0.286. The van der Waals surface area contributed by atoms with Crippen molar-refractivity contribution in [2.75, 3.05) is 19.7 Å². The highest BCUT2D eigenvalue weighted by molar-refractivity contribution is 4.94. The van der Waals surface area contributed by atoms with Crippen molar-refractivity contribution >= 4 is 0 Å². The molecule has 3 nitrogen and oxygen atoms in total. The summed E-state index contributed by atoms with van der Waals surface area (Å²) in [6, 6.07) is 0. The highest BCUT2D eigenvalue weighted by Gasteiger charge is 2.40. The first-order chi connectivity index (χ1) is 9.91. The summed E-state index contributed by atoms with van der Waals surface area (Å²) >= 11 is 0. The molecule has 0 spiro atoms. The zero-order valence-electron chi connectivity index (χ0n) is 14.7. The quantitative estimate of drug-likeness (QED) is 0.509. The molecule has 0 radical (unpaired) electrons. The van der Waals surface area contributed by atoms with E-state index in [-0.39, 0.29) is 5.60 Å². The van der Waals surface area contributed by atoms with Gasteiger partial charge < -0.3 is 15.2 Å². The van der Waals surface area contributed by atoms with Crippen molar-refractivity contribution in [3.63, 3.8) is 0 Å². The van der Waals surface area contributed by atoms with E-state index in [1.54, 1.807) is 0 Å². The van der Waals surface area contributed by atoms with Crippen LogP contribution in [0.5, 0.6) is 0 Å². The van der Waals surface area contributed by atoms with Gasteiger partial charge >= 0.3 is 0 Å². The Kier molecular flexibility index (Phi) is 8.84. The number of hydrogen-bond acceptors (Lipinski definition) is 3. The van der Waals surface area contributed by atoms with Crippen LogP contribution in [0.4, 0.5) is 0 Å². The van der Waals surface area contributed by atoms with Crippen LogP contribution in [-0.4, -0.2) is 36.5 Å². The molecule has 1 rings (SSSR count). The summed E-state index contributed by atoms with van der Waals surface area (Å²) in [6.07, 6.45) is 8.13. The fourth-order valence-corrected chi connectivity index (χ4v) is 2.73. The van der Waals surface area contributed by atoms with Crippen LogP contribution in [0.2, 0.25) is 0 Å². The van der Waals surface area contributed by atoms with E-state index in [4.69, 9.17) is 4.74 Å². The van der Waals surface area contributed by atoms with Gasteiger partial charge in [-0.05, 0) is 57.4 Å². The molecular weight excluding hydrogens is 262 g/mol. The molecule has 3 heteroatoms. The van der Waals surface area contributed by atoms with E-state index < -0.39 is 0 Å². The maximum Gasteiger partial charge on any atom is 0.0671 e. The molecule has 0 aliphatic heterocycles. The van der Waals surface area contributed by atoms with Crippen LogP contribution < -0.4 is 5.32 Å². The lowest BCUT2D eigenvalue weighted by molar-refractivity contribution is 0.0617. The predicted molar refractivity (Wildman–Crippen MR) is 89.6 cm³/mol. The molecule has 1 aliphatic rings. The van der Waals surface area contributed by atoms with Gasteiger partial charge in [-0.25, -0.2) is 0 Å². The minimum atomic E-state index is -0.286. The van der Waals surface area contributed by atoms with Gasteiger partial charge in [-0.15, -0.1) is 0 Å². The molecule has 2 atom stereocenters. The molecule has 0 saturated heterocycles. The summed E-state index contributed by atoms with van der Waals surface area (Å²) < 4.78 is 5.83. The lowest BCUT2D eigenvalue weighted by atomic mass is 9.96. The molecule has 0 amide bonds. The molecule has 1 aliphatic carbocycles. The van der Waals surface area contributed by atoms with Crippen molar-refractivity contribution in [2.24, 2.45) is 11.8 Å². The Balaban J connectivity index is 1.86. The van der Waals surface area contributed by atoms with Crippen LogP contribution in [0, 0.1) is 11.8 Å². The third-order valence-corrected chi connectivity index (χ3v) is 4.38. The third kappa shape index (κ3) is 10.3. The normalized spacial score (nSPS) is 19.7. The molecule has 0 bridgehead atoms. The van der Waals surface area contributed by atoms with Crippen LogP contribution in [0.3, 0.4) is 0 Å². The Hall–Kier alpha value is -0.120. The average Bonchev–Trinajstić information content (AvgIpc) is 3.11. The highest BCUT2D eigenvalue weighted by atomic mass is 16.5. The van der Waals surface area contributed by atoms with Gasteiger partial charge in [0.2, 0.25) is 0 Å². The summed E-state index contributed by atoms with van der Waals surface area (Å²) in [4.78, 5) is 0. The van der Waals surface area contributed by atoms with Gasteiger partial charge in [0, 0.05) is 13.2 Å². The molecule has 21 heavy (non-hydrogen) atoms. The molecule has 2 N–H and O–H groups in total. The monoisotopic (exact) mass is 299 g/mol. The number of nitrogens with one attached hydrogen (secondary N) is 1. The Labute approximate surface area is 131 Å². The van der Waals surface area contributed by atoms with Crippen LogP contribution in [0.15, 0.2) is 0 Å². The zero-order chi connectivity index (χ0) is 15.7. The number of rotatable bonds is 13. The summed E-state index contributed by atoms with van der Waals surface area (Å²) in [6.45, 7) is 11.8. The van der Waals surface area contributed by atoms with E-state index in [0.717, 1.165) is 51.3 Å². The molecule has 1 fully saturated rings. The average molecular weight is 299 g/mol. The lowest BCUT2D eigenvalue weighted by Gasteiger charge is -2.16. The van der Waals surface area contributed by atoms with Gasteiger partial charge in [0.25, 0.3) is 0 Å². The molecule has 126 valence electrons. The number of hydrogen-bond donors (Lipinski definition) is 2. The lowest BCUT2D eigenvalue weighted by Crippen LogP contribution is -2.28. The standard InChI is InChI=1S/C18H37NO2/c1-15(2)8-11-19-14-17(4)21-12-6-5-7-16(3)13-18(20)9-10-18/h15-17,19-20H,5-14H2,1-4H3. The van der Waals surface area contributed by atoms with E-state index >= 15 is 0 Å². The molecule has 2 unspecified atom stereocenters. The molecule has 0 aromatic carbocycles. The van der Waals surface area contributed by atoms with E-state index in [1.807, 2.05) is 0 Å².